The molecule has 2 aromatic carbocycles. The Hall–Kier alpha value is -1.32. The van der Waals surface area contributed by atoms with E-state index >= 15 is 0 Å². The van der Waals surface area contributed by atoms with Crippen molar-refractivity contribution in [2.45, 2.75) is 37.5 Å². The molecular formula is C18H22FNS. The highest BCUT2D eigenvalue weighted by Gasteiger charge is 2.13. The van der Waals surface area contributed by atoms with Crippen LogP contribution in [0.3, 0.4) is 0 Å². The molecule has 0 radical (unpaired) electrons. The Morgan fingerprint density at radius 2 is 1.86 bits per heavy atom. The van der Waals surface area contributed by atoms with Crippen molar-refractivity contribution in [1.29, 1.82) is 0 Å². The van der Waals surface area contributed by atoms with E-state index in [1.54, 1.807) is 17.8 Å². The maximum absolute atomic E-state index is 13.8. The van der Waals surface area contributed by atoms with Crippen molar-refractivity contribution >= 4 is 11.8 Å². The van der Waals surface area contributed by atoms with Crippen molar-refractivity contribution in [3.63, 3.8) is 0 Å². The minimum atomic E-state index is -0.132. The molecule has 0 aliphatic heterocycles. The summed E-state index contributed by atoms with van der Waals surface area (Å²) in [6, 6.07) is 12.2. The highest BCUT2D eigenvalue weighted by molar-refractivity contribution is 7.98. The van der Waals surface area contributed by atoms with Crippen molar-refractivity contribution in [2.24, 2.45) is 0 Å². The lowest BCUT2D eigenvalue weighted by Gasteiger charge is -2.17. The van der Waals surface area contributed by atoms with Crippen LogP contribution in [0.1, 0.15) is 35.2 Å². The van der Waals surface area contributed by atoms with Crippen LogP contribution in [-0.4, -0.2) is 7.05 Å². The van der Waals surface area contributed by atoms with Crippen LogP contribution in [0.5, 0.6) is 0 Å². The summed E-state index contributed by atoms with van der Waals surface area (Å²) in [6.45, 7) is 6.01. The van der Waals surface area contributed by atoms with Crippen molar-refractivity contribution in [1.82, 2.24) is 5.32 Å². The van der Waals surface area contributed by atoms with Gasteiger partial charge in [-0.25, -0.2) is 4.39 Å². The summed E-state index contributed by atoms with van der Waals surface area (Å²) in [6.07, 6.45) is 0. The van der Waals surface area contributed by atoms with Gasteiger partial charge in [-0.2, -0.15) is 0 Å². The molecule has 0 aliphatic rings. The molecule has 1 nitrogen and oxygen atoms in total. The van der Waals surface area contributed by atoms with Crippen molar-refractivity contribution in [3.8, 4) is 0 Å². The second-order valence-electron chi connectivity index (χ2n) is 5.36. The molecule has 0 amide bonds. The van der Waals surface area contributed by atoms with Gasteiger partial charge in [-0.05, 0) is 62.2 Å². The molecule has 1 atom stereocenters. The summed E-state index contributed by atoms with van der Waals surface area (Å²) in [7, 11) is 1.90. The van der Waals surface area contributed by atoms with Crippen LogP contribution in [0, 0.1) is 19.7 Å². The normalized spacial score (nSPS) is 12.4. The molecule has 1 N–H and O–H groups in total. The zero-order valence-corrected chi connectivity index (χ0v) is 13.9. The second-order valence-corrected chi connectivity index (χ2v) is 6.38. The minimum absolute atomic E-state index is 0.132. The molecule has 3 heteroatoms. The predicted octanol–water partition coefficient (Wildman–Crippen LogP) is 5.02. The van der Waals surface area contributed by atoms with Crippen LogP contribution in [0.2, 0.25) is 0 Å². The summed E-state index contributed by atoms with van der Waals surface area (Å²) in [4.78, 5) is 1.15. The molecule has 0 fully saturated rings. The molecular weight excluding hydrogens is 281 g/mol. The van der Waals surface area contributed by atoms with Gasteiger partial charge < -0.3 is 5.32 Å². The van der Waals surface area contributed by atoms with Gasteiger partial charge in [0.2, 0.25) is 0 Å². The molecule has 0 spiro atoms. The van der Waals surface area contributed by atoms with Gasteiger partial charge in [0.05, 0.1) is 0 Å². The van der Waals surface area contributed by atoms with Crippen LogP contribution >= 0.6 is 11.8 Å². The largest absolute Gasteiger partial charge is 0.313 e. The summed E-state index contributed by atoms with van der Waals surface area (Å²) >= 11 is 1.77. The molecule has 0 saturated carbocycles. The highest BCUT2D eigenvalue weighted by atomic mass is 32.2. The number of rotatable bonds is 5. The van der Waals surface area contributed by atoms with Crippen molar-refractivity contribution in [3.05, 3.63) is 64.5 Å². The number of thioether (sulfide) groups is 1. The quantitative estimate of drug-likeness (QED) is 0.779. The summed E-state index contributed by atoms with van der Waals surface area (Å²) in [5.41, 5.74) is 4.35. The van der Waals surface area contributed by atoms with Crippen LogP contribution in [0.25, 0.3) is 0 Å². The van der Waals surface area contributed by atoms with E-state index in [0.29, 0.717) is 5.56 Å². The third-order valence-corrected chi connectivity index (χ3v) is 4.95. The Bertz CT molecular complexity index is 625. The smallest absolute Gasteiger partial charge is 0.126 e. The number of aryl methyl sites for hydroxylation is 2. The van der Waals surface area contributed by atoms with Gasteiger partial charge in [-0.15, -0.1) is 11.8 Å². The molecule has 0 aliphatic carbocycles. The average molecular weight is 303 g/mol. The lowest BCUT2D eigenvalue weighted by molar-refractivity contribution is 0.594. The standard InChI is InChI=1S/C18H22FNS/c1-12-7-5-6-8-15(12)11-21-18-9-13(2)17(19)10-16(18)14(3)20-4/h5-10,14,20H,11H2,1-4H3. The first kappa shape index (κ1) is 16.1. The molecule has 0 bridgehead atoms. The Kier molecular flexibility index (Phi) is 5.43. The number of nitrogens with one attached hydrogen (secondary N) is 1. The Labute approximate surface area is 131 Å². The zero-order chi connectivity index (χ0) is 15.4. The van der Waals surface area contributed by atoms with E-state index in [0.717, 1.165) is 16.2 Å². The van der Waals surface area contributed by atoms with Gasteiger partial charge in [0.1, 0.15) is 5.82 Å². The van der Waals surface area contributed by atoms with E-state index in [9.17, 15) is 4.39 Å². The highest BCUT2D eigenvalue weighted by Crippen LogP contribution is 2.32. The van der Waals surface area contributed by atoms with Crippen LogP contribution in [-0.2, 0) is 5.75 Å². The van der Waals surface area contributed by atoms with Gasteiger partial charge in [0.15, 0.2) is 0 Å². The molecule has 112 valence electrons. The third kappa shape index (κ3) is 3.86. The molecule has 1 unspecified atom stereocenters. The predicted molar refractivity (Wildman–Crippen MR) is 89.4 cm³/mol. The van der Waals surface area contributed by atoms with Crippen LogP contribution in [0.15, 0.2) is 41.3 Å². The molecule has 2 aromatic rings. The summed E-state index contributed by atoms with van der Waals surface area (Å²) in [5.74, 6) is 0.772. The Morgan fingerprint density at radius 1 is 1.14 bits per heavy atom. The first-order chi connectivity index (χ1) is 10.0. The summed E-state index contributed by atoms with van der Waals surface area (Å²) in [5, 5.41) is 3.20. The number of halogens is 1. The van der Waals surface area contributed by atoms with E-state index in [-0.39, 0.29) is 11.9 Å². The monoisotopic (exact) mass is 303 g/mol. The van der Waals surface area contributed by atoms with E-state index < -0.39 is 0 Å². The maximum Gasteiger partial charge on any atom is 0.126 e. The van der Waals surface area contributed by atoms with Crippen molar-refractivity contribution < 1.29 is 4.39 Å². The van der Waals surface area contributed by atoms with Crippen molar-refractivity contribution in [2.75, 3.05) is 7.05 Å². The fourth-order valence-electron chi connectivity index (χ4n) is 2.22. The maximum atomic E-state index is 13.8. The Morgan fingerprint density at radius 3 is 2.52 bits per heavy atom. The molecule has 0 heterocycles. The SMILES string of the molecule is CNC(C)c1cc(F)c(C)cc1SCc1ccccc1C. The van der Waals surface area contributed by atoms with Gasteiger partial charge in [-0.3, -0.25) is 0 Å². The molecule has 2 rings (SSSR count). The number of benzene rings is 2. The van der Waals surface area contributed by atoms with E-state index in [1.807, 2.05) is 20.0 Å². The lowest BCUT2D eigenvalue weighted by Crippen LogP contribution is -2.13. The fourth-order valence-corrected chi connectivity index (χ4v) is 3.51. The van der Waals surface area contributed by atoms with Crippen LogP contribution in [0.4, 0.5) is 4.39 Å². The first-order valence-corrected chi connectivity index (χ1v) is 8.16. The molecule has 0 saturated heterocycles. The van der Waals surface area contributed by atoms with E-state index in [1.165, 1.54) is 11.1 Å². The zero-order valence-electron chi connectivity index (χ0n) is 13.0. The van der Waals surface area contributed by atoms with E-state index in [4.69, 9.17) is 0 Å². The fraction of sp³-hybridized carbons (Fsp3) is 0.333. The minimum Gasteiger partial charge on any atom is -0.313 e. The first-order valence-electron chi connectivity index (χ1n) is 7.17. The topological polar surface area (TPSA) is 12.0 Å². The number of hydrogen-bond acceptors (Lipinski definition) is 2. The molecule has 21 heavy (non-hydrogen) atoms. The second kappa shape index (κ2) is 7.10. The molecule has 0 aromatic heterocycles. The van der Waals surface area contributed by atoms with Crippen LogP contribution < -0.4 is 5.32 Å². The number of hydrogen-bond donors (Lipinski definition) is 1. The van der Waals surface area contributed by atoms with Gasteiger partial charge >= 0.3 is 0 Å². The third-order valence-electron chi connectivity index (χ3n) is 3.84. The summed E-state index contributed by atoms with van der Waals surface area (Å²) < 4.78 is 13.8. The van der Waals surface area contributed by atoms with E-state index in [2.05, 4.69) is 43.4 Å². The lowest BCUT2D eigenvalue weighted by atomic mass is 10.1. The Balaban J connectivity index is 2.26. The average Bonchev–Trinajstić information content (AvgIpc) is 2.48. The van der Waals surface area contributed by atoms with Gasteiger partial charge in [-0.1, -0.05) is 24.3 Å². The van der Waals surface area contributed by atoms with Gasteiger partial charge in [0.25, 0.3) is 0 Å². The van der Waals surface area contributed by atoms with Gasteiger partial charge in [0, 0.05) is 16.7 Å².